The molecule has 0 bridgehead atoms. The Kier molecular flexibility index (Phi) is 3.70. The Balaban J connectivity index is 2.13. The van der Waals surface area contributed by atoms with E-state index in [0.29, 0.717) is 28.4 Å². The average molecular weight is 305 g/mol. The molecule has 3 aromatic rings. The number of carbonyl (C=O) groups excluding carboxylic acids is 1. The molecule has 0 aliphatic rings. The molecule has 108 valence electrons. The van der Waals surface area contributed by atoms with Gasteiger partial charge in [-0.15, -0.1) is 5.10 Å². The highest BCUT2D eigenvalue weighted by molar-refractivity contribution is 6.35. The van der Waals surface area contributed by atoms with E-state index in [9.17, 15) is 4.79 Å². The lowest BCUT2D eigenvalue weighted by Gasteiger charge is -2.07. The number of hydrogen-bond acceptors (Lipinski definition) is 5. The monoisotopic (exact) mass is 304 g/mol. The van der Waals surface area contributed by atoms with Crippen LogP contribution in [0.25, 0.3) is 16.6 Å². The van der Waals surface area contributed by atoms with Gasteiger partial charge in [-0.25, -0.2) is 4.79 Å². The fourth-order valence-electron chi connectivity index (χ4n) is 2.13. The zero-order valence-electron chi connectivity index (χ0n) is 11.4. The van der Waals surface area contributed by atoms with E-state index in [0.717, 1.165) is 18.2 Å². The summed E-state index contributed by atoms with van der Waals surface area (Å²) >= 11 is 6.19. The summed E-state index contributed by atoms with van der Waals surface area (Å²) < 4.78 is 6.71. The van der Waals surface area contributed by atoms with Crippen molar-refractivity contribution in [1.82, 2.24) is 20.0 Å². The molecule has 0 aliphatic carbocycles. The fraction of sp³-hybridized carbons (Fsp3) is 0.286. The predicted molar refractivity (Wildman–Crippen MR) is 78.5 cm³/mol. The number of halogens is 1. The number of rotatable bonds is 4. The highest BCUT2D eigenvalue weighted by Gasteiger charge is 2.18. The van der Waals surface area contributed by atoms with E-state index in [1.165, 1.54) is 4.52 Å². The maximum absolute atomic E-state index is 12.2. The van der Waals surface area contributed by atoms with Crippen molar-refractivity contribution in [1.29, 1.82) is 0 Å². The first kappa shape index (κ1) is 13.8. The van der Waals surface area contributed by atoms with Gasteiger partial charge >= 0.3 is 5.97 Å². The fourth-order valence-corrected chi connectivity index (χ4v) is 2.40. The van der Waals surface area contributed by atoms with Crippen LogP contribution in [-0.2, 0) is 4.74 Å². The summed E-state index contributed by atoms with van der Waals surface area (Å²) in [5.74, 6) is -0.426. The van der Waals surface area contributed by atoms with Gasteiger partial charge in [-0.2, -0.15) is 4.52 Å². The predicted octanol–water partition coefficient (Wildman–Crippen LogP) is 2.89. The lowest BCUT2D eigenvalue weighted by Crippen LogP contribution is -2.09. The van der Waals surface area contributed by atoms with Crippen molar-refractivity contribution in [3.63, 3.8) is 0 Å². The third kappa shape index (κ3) is 2.42. The molecule has 1 aromatic carbocycles. The number of pyridine rings is 1. The molecule has 3 rings (SSSR count). The van der Waals surface area contributed by atoms with Gasteiger partial charge < -0.3 is 4.74 Å². The molecule has 2 heterocycles. The Labute approximate surface area is 125 Å². The topological polar surface area (TPSA) is 69.4 Å². The van der Waals surface area contributed by atoms with Crippen molar-refractivity contribution in [3.8, 4) is 0 Å². The standard InChI is InChI=1S/C14H13ClN4O2/c1-2-3-7-21-14(20)10-8-9-5-4-6-11(15)12(9)19-13(10)16-17-18-19/h4-6,8H,2-3,7H2,1H3. The lowest BCUT2D eigenvalue weighted by molar-refractivity contribution is 0.0501. The number of carbonyl (C=O) groups is 1. The van der Waals surface area contributed by atoms with Crippen LogP contribution in [0.5, 0.6) is 0 Å². The van der Waals surface area contributed by atoms with Gasteiger partial charge in [-0.3, -0.25) is 0 Å². The molecule has 2 aromatic heterocycles. The Morgan fingerprint density at radius 2 is 2.29 bits per heavy atom. The highest BCUT2D eigenvalue weighted by Crippen LogP contribution is 2.26. The highest BCUT2D eigenvalue weighted by atomic mass is 35.5. The molecule has 0 amide bonds. The number of aromatic nitrogens is 4. The van der Waals surface area contributed by atoms with Crippen LogP contribution in [-0.4, -0.2) is 32.6 Å². The van der Waals surface area contributed by atoms with Crippen molar-refractivity contribution in [2.24, 2.45) is 0 Å². The number of para-hydroxylation sites is 1. The van der Waals surface area contributed by atoms with Crippen LogP contribution in [0.2, 0.25) is 5.02 Å². The normalized spacial score (nSPS) is 11.1. The summed E-state index contributed by atoms with van der Waals surface area (Å²) in [5, 5.41) is 12.7. The molecular weight excluding hydrogens is 292 g/mol. The van der Waals surface area contributed by atoms with Gasteiger partial charge in [-0.1, -0.05) is 37.1 Å². The minimum absolute atomic E-state index is 0.339. The molecule has 0 saturated heterocycles. The molecule has 0 radical (unpaired) electrons. The van der Waals surface area contributed by atoms with Crippen molar-refractivity contribution >= 4 is 34.1 Å². The molecule has 0 atom stereocenters. The maximum atomic E-state index is 12.2. The second kappa shape index (κ2) is 5.65. The van der Waals surface area contributed by atoms with E-state index < -0.39 is 5.97 Å². The first-order valence-corrected chi connectivity index (χ1v) is 7.06. The summed E-state index contributed by atoms with van der Waals surface area (Å²) in [7, 11) is 0. The second-order valence-corrected chi connectivity index (χ2v) is 5.05. The van der Waals surface area contributed by atoms with Crippen molar-refractivity contribution < 1.29 is 9.53 Å². The number of ether oxygens (including phenoxy) is 1. The largest absolute Gasteiger partial charge is 0.462 e. The quantitative estimate of drug-likeness (QED) is 0.547. The van der Waals surface area contributed by atoms with E-state index in [1.807, 2.05) is 19.1 Å². The van der Waals surface area contributed by atoms with Gasteiger partial charge in [0.15, 0.2) is 5.65 Å². The Morgan fingerprint density at radius 3 is 3.10 bits per heavy atom. The molecule has 0 fully saturated rings. The van der Waals surface area contributed by atoms with E-state index in [4.69, 9.17) is 16.3 Å². The summed E-state index contributed by atoms with van der Waals surface area (Å²) in [4.78, 5) is 12.2. The molecular formula is C14H13ClN4O2. The molecule has 0 saturated carbocycles. The van der Waals surface area contributed by atoms with Crippen LogP contribution in [0, 0.1) is 0 Å². The van der Waals surface area contributed by atoms with Crippen molar-refractivity contribution in [3.05, 3.63) is 34.9 Å². The van der Waals surface area contributed by atoms with Crippen LogP contribution in [0.4, 0.5) is 0 Å². The summed E-state index contributed by atoms with van der Waals surface area (Å²) in [6.07, 6.45) is 1.79. The number of fused-ring (bicyclic) bond motifs is 3. The van der Waals surface area contributed by atoms with Gasteiger partial charge in [0.25, 0.3) is 0 Å². The number of unbranched alkanes of at least 4 members (excludes halogenated alkanes) is 1. The minimum atomic E-state index is -0.426. The van der Waals surface area contributed by atoms with Crippen LogP contribution in [0.15, 0.2) is 24.3 Å². The number of esters is 1. The third-order valence-electron chi connectivity index (χ3n) is 3.19. The smallest absolute Gasteiger partial charge is 0.342 e. The van der Waals surface area contributed by atoms with Crippen LogP contribution < -0.4 is 0 Å². The van der Waals surface area contributed by atoms with E-state index in [1.54, 1.807) is 12.1 Å². The number of hydrogen-bond donors (Lipinski definition) is 0. The number of nitrogens with zero attached hydrogens (tertiary/aromatic N) is 4. The molecule has 21 heavy (non-hydrogen) atoms. The summed E-state index contributed by atoms with van der Waals surface area (Å²) in [6.45, 7) is 2.42. The van der Waals surface area contributed by atoms with E-state index >= 15 is 0 Å². The first-order valence-electron chi connectivity index (χ1n) is 6.69. The zero-order chi connectivity index (χ0) is 14.8. The first-order chi connectivity index (χ1) is 10.2. The Hall–Kier alpha value is -2.21. The van der Waals surface area contributed by atoms with Crippen LogP contribution >= 0.6 is 11.6 Å². The van der Waals surface area contributed by atoms with Crippen molar-refractivity contribution in [2.75, 3.05) is 6.61 Å². The third-order valence-corrected chi connectivity index (χ3v) is 3.50. The van der Waals surface area contributed by atoms with Gasteiger partial charge in [0.05, 0.1) is 17.1 Å². The Morgan fingerprint density at radius 1 is 1.43 bits per heavy atom. The average Bonchev–Trinajstić information content (AvgIpc) is 2.95. The molecule has 7 heteroatoms. The van der Waals surface area contributed by atoms with Gasteiger partial charge in [0, 0.05) is 5.39 Å². The maximum Gasteiger partial charge on any atom is 0.342 e. The van der Waals surface area contributed by atoms with Crippen molar-refractivity contribution in [2.45, 2.75) is 19.8 Å². The second-order valence-electron chi connectivity index (χ2n) is 4.64. The molecule has 0 aliphatic heterocycles. The molecule has 6 nitrogen and oxygen atoms in total. The number of tetrazole rings is 1. The molecule has 0 N–H and O–H groups in total. The van der Waals surface area contributed by atoms with Gasteiger partial charge in [-0.05, 0) is 29.0 Å². The molecule has 0 spiro atoms. The molecule has 0 unspecified atom stereocenters. The van der Waals surface area contributed by atoms with Crippen LogP contribution in [0.1, 0.15) is 30.1 Å². The van der Waals surface area contributed by atoms with Gasteiger partial charge in [0.1, 0.15) is 5.56 Å². The number of benzene rings is 1. The Bertz CT molecular complexity index is 815. The van der Waals surface area contributed by atoms with Crippen LogP contribution in [0.3, 0.4) is 0 Å². The minimum Gasteiger partial charge on any atom is -0.462 e. The lowest BCUT2D eigenvalue weighted by atomic mass is 10.1. The zero-order valence-corrected chi connectivity index (χ0v) is 12.2. The van der Waals surface area contributed by atoms with Gasteiger partial charge in [0.2, 0.25) is 0 Å². The van der Waals surface area contributed by atoms with E-state index in [-0.39, 0.29) is 0 Å². The summed E-state index contributed by atoms with van der Waals surface area (Å²) in [6, 6.07) is 7.13. The van der Waals surface area contributed by atoms with E-state index in [2.05, 4.69) is 15.5 Å². The summed E-state index contributed by atoms with van der Waals surface area (Å²) in [5.41, 5.74) is 1.35. The SMILES string of the molecule is CCCCOC(=O)c1cc2cccc(Cl)c2n2nnnc12.